The minimum absolute atomic E-state index is 0.0891. The first kappa shape index (κ1) is 31.0. The molecule has 0 bridgehead atoms. The van der Waals surface area contributed by atoms with E-state index in [0.29, 0.717) is 31.6 Å². The molecule has 9 heteroatoms. The van der Waals surface area contributed by atoms with Gasteiger partial charge in [0.15, 0.2) is 0 Å². The van der Waals surface area contributed by atoms with Crippen molar-refractivity contribution in [3.05, 3.63) is 81.8 Å². The smallest absolute Gasteiger partial charge is 0.251 e. The van der Waals surface area contributed by atoms with Crippen LogP contribution in [-0.2, 0) is 14.9 Å². The predicted molar refractivity (Wildman–Crippen MR) is 175 cm³/mol. The maximum absolute atomic E-state index is 14.0. The third-order valence-electron chi connectivity index (χ3n) is 9.99. The highest BCUT2D eigenvalue weighted by Gasteiger charge is 2.47. The van der Waals surface area contributed by atoms with Crippen LogP contribution in [0.15, 0.2) is 65.2 Å². The molecule has 1 aliphatic carbocycles. The fraction of sp³-hybridized carbons (Fsp3) is 0.444. The molecule has 4 aliphatic rings. The van der Waals surface area contributed by atoms with Crippen LogP contribution in [0.4, 0.5) is 15.8 Å². The molecule has 45 heavy (non-hydrogen) atoms. The number of fused-ring (bicyclic) bond motifs is 2. The lowest BCUT2D eigenvalue weighted by molar-refractivity contribution is -0.121. The van der Waals surface area contributed by atoms with E-state index in [-0.39, 0.29) is 36.6 Å². The molecule has 2 unspecified atom stereocenters. The largest absolute Gasteiger partial charge is 0.381 e. The molecule has 0 radical (unpaired) electrons. The van der Waals surface area contributed by atoms with Crippen molar-refractivity contribution in [2.75, 3.05) is 36.5 Å². The van der Waals surface area contributed by atoms with Crippen molar-refractivity contribution >= 4 is 23.2 Å². The second-order valence-corrected chi connectivity index (χ2v) is 12.7. The number of allylic oxidation sites excluding steroid dienone is 5. The number of anilines is 2. The molecule has 3 aliphatic heterocycles. The Labute approximate surface area is 264 Å². The van der Waals surface area contributed by atoms with Crippen molar-refractivity contribution in [3.63, 3.8) is 0 Å². The number of dihydropyridines is 1. The van der Waals surface area contributed by atoms with E-state index in [0.717, 1.165) is 69.9 Å². The van der Waals surface area contributed by atoms with Crippen LogP contribution < -0.4 is 20.9 Å². The number of benzene rings is 2. The van der Waals surface area contributed by atoms with E-state index in [1.54, 1.807) is 0 Å². The summed E-state index contributed by atoms with van der Waals surface area (Å²) in [7, 11) is 0. The number of amides is 2. The molecule has 238 valence electrons. The number of hydrogen-bond acceptors (Lipinski definition) is 6. The minimum atomic E-state index is -0.861. The van der Waals surface area contributed by atoms with Gasteiger partial charge in [0.1, 0.15) is 6.23 Å². The zero-order valence-electron chi connectivity index (χ0n) is 26.6. The first-order chi connectivity index (χ1) is 21.6. The highest BCUT2D eigenvalue weighted by Crippen LogP contribution is 2.48. The average Bonchev–Trinajstić information content (AvgIpc) is 3.29. The summed E-state index contributed by atoms with van der Waals surface area (Å²) in [5.74, 6) is -0.480. The van der Waals surface area contributed by atoms with Crippen LogP contribution in [0.5, 0.6) is 0 Å². The number of aliphatic hydroxyl groups excluding tert-OH is 1. The molecule has 6 rings (SSSR count). The van der Waals surface area contributed by atoms with Crippen LogP contribution in [0.3, 0.4) is 0 Å². The van der Waals surface area contributed by atoms with Crippen molar-refractivity contribution in [2.24, 2.45) is 0 Å². The van der Waals surface area contributed by atoms with Gasteiger partial charge in [-0.15, -0.1) is 0 Å². The monoisotopic (exact) mass is 614 g/mol. The maximum Gasteiger partial charge on any atom is 0.251 e. The number of aliphatic hydroxyl groups is 1. The Morgan fingerprint density at radius 1 is 1.16 bits per heavy atom. The molecule has 3 heterocycles. The molecule has 0 aromatic heterocycles. The van der Waals surface area contributed by atoms with E-state index in [2.05, 4.69) is 33.8 Å². The van der Waals surface area contributed by atoms with Gasteiger partial charge in [0.2, 0.25) is 5.91 Å². The first-order valence-corrected chi connectivity index (χ1v) is 16.0. The molecular weight excluding hydrogens is 571 g/mol. The number of hydrogen-bond donors (Lipinski definition) is 4. The van der Waals surface area contributed by atoms with Gasteiger partial charge >= 0.3 is 0 Å². The predicted octanol–water partition coefficient (Wildman–Crippen LogP) is 5.77. The number of ether oxygens (including phenoxy) is 1. The van der Waals surface area contributed by atoms with Crippen molar-refractivity contribution in [1.29, 1.82) is 0 Å². The van der Waals surface area contributed by atoms with Gasteiger partial charge in [-0.25, -0.2) is 4.39 Å². The Bertz CT molecular complexity index is 1620. The lowest BCUT2D eigenvalue weighted by Crippen LogP contribution is -2.40. The van der Waals surface area contributed by atoms with Crippen LogP contribution in [0.2, 0.25) is 0 Å². The topological polar surface area (TPSA) is 103 Å². The number of nitrogens with zero attached hydrogens (tertiary/aromatic N) is 1. The van der Waals surface area contributed by atoms with Crippen LogP contribution in [-0.4, -0.2) is 55.5 Å². The van der Waals surface area contributed by atoms with Crippen molar-refractivity contribution in [2.45, 2.75) is 77.5 Å². The van der Waals surface area contributed by atoms with E-state index < -0.39 is 11.6 Å². The van der Waals surface area contributed by atoms with Gasteiger partial charge in [0.25, 0.3) is 5.91 Å². The number of carbonyl (C=O) groups excluding carboxylic acids is 2. The van der Waals surface area contributed by atoms with Crippen molar-refractivity contribution in [3.8, 4) is 11.1 Å². The fourth-order valence-electron chi connectivity index (χ4n) is 7.37. The molecule has 2 amide bonds. The third-order valence-corrected chi connectivity index (χ3v) is 9.99. The quantitative estimate of drug-likeness (QED) is 0.316. The molecule has 0 saturated carbocycles. The standard InChI is InChI=1S/C36H43FN4O4/c1-5-41(27-10-14-45-15-11-27)32-19-25(17-28(23(32)4)33(42)38-20-29-21(2)16-22(3)39-34(29)43)24-6-7-31-30(18-24)36(35(44)40-31)12-8-26(37)9-13-36/h6-8,16-19,27,34,39,43H,5,9-15,20H2,1-4H3,(H,38,42)(H,40,44). The maximum atomic E-state index is 14.0. The molecule has 4 N–H and O–H groups in total. The second kappa shape index (κ2) is 12.4. The number of nitrogens with one attached hydrogen (secondary N) is 3. The molecular formula is C36H43FN4O4. The second-order valence-electron chi connectivity index (χ2n) is 12.7. The Morgan fingerprint density at radius 3 is 2.62 bits per heavy atom. The summed E-state index contributed by atoms with van der Waals surface area (Å²) in [5.41, 5.74) is 7.56. The van der Waals surface area contributed by atoms with E-state index in [4.69, 9.17) is 4.74 Å². The normalized spacial score (nSPS) is 23.2. The summed E-state index contributed by atoms with van der Waals surface area (Å²) in [6, 6.07) is 10.3. The van der Waals surface area contributed by atoms with Crippen LogP contribution >= 0.6 is 0 Å². The lowest BCUT2D eigenvalue weighted by Gasteiger charge is -2.37. The molecule has 1 spiro atoms. The zero-order valence-corrected chi connectivity index (χ0v) is 26.6. The number of rotatable bonds is 7. The fourth-order valence-corrected chi connectivity index (χ4v) is 7.37. The van der Waals surface area contributed by atoms with Gasteiger partial charge in [-0.3, -0.25) is 9.59 Å². The molecule has 1 saturated heterocycles. The van der Waals surface area contributed by atoms with Crippen molar-refractivity contribution in [1.82, 2.24) is 10.6 Å². The van der Waals surface area contributed by atoms with Crippen LogP contribution in [0.1, 0.15) is 74.4 Å². The van der Waals surface area contributed by atoms with Gasteiger partial charge in [-0.1, -0.05) is 12.1 Å². The summed E-state index contributed by atoms with van der Waals surface area (Å²) in [4.78, 5) is 29.5. The number of carbonyl (C=O) groups is 2. The minimum Gasteiger partial charge on any atom is -0.381 e. The Hall–Kier alpha value is -3.95. The van der Waals surface area contributed by atoms with Gasteiger partial charge in [0, 0.05) is 67.0 Å². The van der Waals surface area contributed by atoms with Crippen molar-refractivity contribution < 1.29 is 23.8 Å². The molecule has 2 aromatic carbocycles. The molecule has 2 atom stereocenters. The summed E-state index contributed by atoms with van der Waals surface area (Å²) in [6.45, 7) is 10.3. The van der Waals surface area contributed by atoms with E-state index in [1.807, 2.05) is 51.1 Å². The summed E-state index contributed by atoms with van der Waals surface area (Å²) < 4.78 is 19.7. The van der Waals surface area contributed by atoms with Gasteiger partial charge in [-0.2, -0.15) is 0 Å². The Balaban J connectivity index is 1.41. The van der Waals surface area contributed by atoms with Gasteiger partial charge < -0.3 is 30.7 Å². The SMILES string of the molecule is CCN(c1cc(-c2ccc3c(c2)C2(CC=C(F)CC2)C(=O)N3)cc(C(=O)NCC2=C(C)C=C(C)NC2O)c1C)C1CCOCC1. The average molecular weight is 615 g/mol. The Morgan fingerprint density at radius 2 is 1.93 bits per heavy atom. The van der Waals surface area contributed by atoms with Crippen LogP contribution in [0.25, 0.3) is 11.1 Å². The van der Waals surface area contributed by atoms with Gasteiger partial charge in [0.05, 0.1) is 11.2 Å². The third kappa shape index (κ3) is 5.79. The van der Waals surface area contributed by atoms with E-state index in [9.17, 15) is 19.1 Å². The molecule has 1 fully saturated rings. The zero-order chi connectivity index (χ0) is 31.9. The lowest BCUT2D eigenvalue weighted by atomic mass is 9.72. The number of halogens is 1. The summed E-state index contributed by atoms with van der Waals surface area (Å²) in [6.07, 6.45) is 5.43. The van der Waals surface area contributed by atoms with E-state index in [1.165, 1.54) is 6.08 Å². The van der Waals surface area contributed by atoms with Gasteiger partial charge in [-0.05, 0) is 112 Å². The summed E-state index contributed by atoms with van der Waals surface area (Å²) >= 11 is 0. The molecule has 2 aromatic rings. The van der Waals surface area contributed by atoms with E-state index >= 15 is 0 Å². The first-order valence-electron chi connectivity index (χ1n) is 16.0. The van der Waals surface area contributed by atoms with Crippen LogP contribution in [0, 0.1) is 6.92 Å². The Kier molecular flexibility index (Phi) is 8.59. The molecule has 8 nitrogen and oxygen atoms in total. The summed E-state index contributed by atoms with van der Waals surface area (Å²) in [5, 5.41) is 19.7. The highest BCUT2D eigenvalue weighted by atomic mass is 19.1. The highest BCUT2D eigenvalue weighted by molar-refractivity contribution is 6.07.